The Morgan fingerprint density at radius 3 is 3.06 bits per heavy atom. The molecule has 0 atom stereocenters. The Balaban J connectivity index is 2.35. The second kappa shape index (κ2) is 4.19. The molecule has 0 saturated heterocycles. The van der Waals surface area contributed by atoms with Gasteiger partial charge in [-0.25, -0.2) is 14.6 Å². The Morgan fingerprint density at radius 2 is 2.38 bits per heavy atom. The van der Waals surface area contributed by atoms with Crippen LogP contribution < -0.4 is 16.9 Å². The number of rotatable bonds is 3. The highest BCUT2D eigenvalue weighted by molar-refractivity contribution is 7.13. The average Bonchev–Trinajstić information content (AvgIpc) is 2.83. The lowest BCUT2D eigenvalue weighted by molar-refractivity contribution is 0.927. The minimum absolute atomic E-state index is 0.00280. The Kier molecular flexibility index (Phi) is 2.73. The van der Waals surface area contributed by atoms with Gasteiger partial charge in [-0.3, -0.25) is 0 Å². The number of nitrogens with two attached hydrogens (primary N) is 2. The molecule has 0 aliphatic heterocycles. The zero-order valence-electron chi connectivity index (χ0n) is 8.58. The van der Waals surface area contributed by atoms with Crippen LogP contribution in [0.4, 0.5) is 5.13 Å². The van der Waals surface area contributed by atoms with Gasteiger partial charge in [0.15, 0.2) is 5.96 Å². The van der Waals surface area contributed by atoms with Crippen molar-refractivity contribution in [3.63, 3.8) is 0 Å². The van der Waals surface area contributed by atoms with E-state index in [1.54, 1.807) is 24.2 Å². The van der Waals surface area contributed by atoms with Crippen LogP contribution in [0, 0.1) is 0 Å². The van der Waals surface area contributed by atoms with Gasteiger partial charge in [-0.1, -0.05) is 0 Å². The van der Waals surface area contributed by atoms with Gasteiger partial charge in [0, 0.05) is 12.4 Å². The van der Waals surface area contributed by atoms with E-state index in [1.807, 2.05) is 5.38 Å². The second-order valence-electron chi connectivity index (χ2n) is 2.92. The van der Waals surface area contributed by atoms with Crippen molar-refractivity contribution in [2.45, 2.75) is 0 Å². The molecule has 0 aliphatic rings. The van der Waals surface area contributed by atoms with E-state index >= 15 is 0 Å². The summed E-state index contributed by atoms with van der Waals surface area (Å²) >= 11 is 1.37. The van der Waals surface area contributed by atoms with Gasteiger partial charge >= 0.3 is 0 Å². The molecule has 0 unspecified atom stereocenters. The van der Waals surface area contributed by atoms with Crippen molar-refractivity contribution in [2.24, 2.45) is 16.5 Å². The highest BCUT2D eigenvalue weighted by Crippen LogP contribution is 2.25. The summed E-state index contributed by atoms with van der Waals surface area (Å²) in [7, 11) is 1.80. The van der Waals surface area contributed by atoms with Crippen LogP contribution in [0.1, 0.15) is 0 Å². The summed E-state index contributed by atoms with van der Waals surface area (Å²) < 4.78 is 1.76. The van der Waals surface area contributed by atoms with Crippen LogP contribution in [0.25, 0.3) is 11.4 Å². The summed E-state index contributed by atoms with van der Waals surface area (Å²) in [6.07, 6.45) is 3.37. The minimum atomic E-state index is 0.00280. The van der Waals surface area contributed by atoms with Crippen molar-refractivity contribution in [2.75, 3.05) is 12.5 Å². The van der Waals surface area contributed by atoms with E-state index in [9.17, 15) is 0 Å². The molecule has 2 rings (SSSR count). The van der Waals surface area contributed by atoms with Crippen molar-refractivity contribution in [1.29, 1.82) is 0 Å². The maximum absolute atomic E-state index is 5.27. The molecule has 84 valence electrons. The SMILES string of the molecule is CNn1cncc1-c1csc(N=C(N)N)n1. The summed E-state index contributed by atoms with van der Waals surface area (Å²) in [6, 6.07) is 0. The van der Waals surface area contributed by atoms with E-state index in [4.69, 9.17) is 11.5 Å². The van der Waals surface area contributed by atoms with Crippen molar-refractivity contribution in [1.82, 2.24) is 14.6 Å². The fraction of sp³-hybridized carbons (Fsp3) is 0.125. The maximum Gasteiger partial charge on any atom is 0.212 e. The lowest BCUT2D eigenvalue weighted by Crippen LogP contribution is -2.21. The van der Waals surface area contributed by atoms with Crippen molar-refractivity contribution in [3.05, 3.63) is 17.9 Å². The molecule has 0 aliphatic carbocycles. The molecule has 0 fully saturated rings. The van der Waals surface area contributed by atoms with Crippen molar-refractivity contribution in [3.8, 4) is 11.4 Å². The largest absolute Gasteiger partial charge is 0.370 e. The first-order valence-electron chi connectivity index (χ1n) is 4.46. The Bertz CT molecular complexity index is 508. The molecule has 0 saturated carbocycles. The summed E-state index contributed by atoms with van der Waals surface area (Å²) in [5.74, 6) is 0.00280. The Hall–Kier alpha value is -2.09. The third-order valence-corrected chi connectivity index (χ3v) is 2.59. The number of hydrogen-bond donors (Lipinski definition) is 3. The van der Waals surface area contributed by atoms with E-state index < -0.39 is 0 Å². The number of nitrogens with one attached hydrogen (secondary N) is 1. The monoisotopic (exact) mass is 237 g/mol. The molecular formula is C8H11N7S. The zero-order chi connectivity index (χ0) is 11.5. The molecule has 2 aromatic rings. The van der Waals surface area contributed by atoms with E-state index in [0.29, 0.717) is 5.13 Å². The second-order valence-corrected chi connectivity index (χ2v) is 3.76. The average molecular weight is 237 g/mol. The molecule has 2 aromatic heterocycles. The number of hydrogen-bond acceptors (Lipinski definition) is 5. The van der Waals surface area contributed by atoms with Gasteiger partial charge in [-0.05, 0) is 0 Å². The number of aromatic nitrogens is 3. The molecule has 0 spiro atoms. The molecule has 0 bridgehead atoms. The van der Waals surface area contributed by atoms with E-state index in [2.05, 4.69) is 20.4 Å². The predicted octanol–water partition coefficient (Wildman–Crippen LogP) is 0.0848. The van der Waals surface area contributed by atoms with Crippen LogP contribution in [0.2, 0.25) is 0 Å². The van der Waals surface area contributed by atoms with E-state index in [-0.39, 0.29) is 5.96 Å². The fourth-order valence-electron chi connectivity index (χ4n) is 1.21. The molecule has 0 radical (unpaired) electrons. The van der Waals surface area contributed by atoms with Crippen molar-refractivity contribution >= 4 is 22.4 Å². The van der Waals surface area contributed by atoms with Gasteiger partial charge < -0.3 is 16.9 Å². The van der Waals surface area contributed by atoms with Crippen LogP contribution in [-0.2, 0) is 0 Å². The molecule has 5 N–H and O–H groups in total. The number of thiazole rings is 1. The minimum Gasteiger partial charge on any atom is -0.370 e. The van der Waals surface area contributed by atoms with Gasteiger partial charge in [0.2, 0.25) is 5.13 Å². The van der Waals surface area contributed by atoms with Crippen LogP contribution in [0.15, 0.2) is 22.9 Å². The third kappa shape index (κ3) is 1.96. The molecule has 0 aromatic carbocycles. The molecule has 8 heteroatoms. The molecule has 0 amide bonds. The maximum atomic E-state index is 5.27. The first kappa shape index (κ1) is 10.4. The standard InChI is InChI=1S/C8H11N7S/c1-11-15-4-12-2-6(15)5-3-16-8(13-5)14-7(9)10/h2-4,11H,1H3,(H4,9,10,13,14). The third-order valence-electron chi connectivity index (χ3n) is 1.86. The predicted molar refractivity (Wildman–Crippen MR) is 64.1 cm³/mol. The van der Waals surface area contributed by atoms with Gasteiger partial charge in [-0.15, -0.1) is 11.3 Å². The Labute approximate surface area is 95.8 Å². The van der Waals surface area contributed by atoms with Gasteiger partial charge in [-0.2, -0.15) is 4.99 Å². The van der Waals surface area contributed by atoms with Gasteiger partial charge in [0.05, 0.1) is 6.20 Å². The van der Waals surface area contributed by atoms with Gasteiger partial charge in [0.25, 0.3) is 0 Å². The van der Waals surface area contributed by atoms with Crippen LogP contribution >= 0.6 is 11.3 Å². The number of guanidine groups is 1. The smallest absolute Gasteiger partial charge is 0.212 e. The van der Waals surface area contributed by atoms with E-state index in [0.717, 1.165) is 11.4 Å². The van der Waals surface area contributed by atoms with Crippen LogP contribution in [0.3, 0.4) is 0 Å². The first-order chi connectivity index (χ1) is 7.70. The fourth-order valence-corrected chi connectivity index (χ4v) is 1.91. The number of nitrogens with zero attached hydrogens (tertiary/aromatic N) is 4. The number of imidazole rings is 1. The Morgan fingerprint density at radius 1 is 1.56 bits per heavy atom. The van der Waals surface area contributed by atoms with Gasteiger partial charge in [0.1, 0.15) is 17.7 Å². The highest BCUT2D eigenvalue weighted by atomic mass is 32.1. The molecular weight excluding hydrogens is 226 g/mol. The highest BCUT2D eigenvalue weighted by Gasteiger charge is 2.08. The normalized spacial score (nSPS) is 10.1. The van der Waals surface area contributed by atoms with E-state index in [1.165, 1.54) is 11.3 Å². The van der Waals surface area contributed by atoms with Crippen molar-refractivity contribution < 1.29 is 0 Å². The first-order valence-corrected chi connectivity index (χ1v) is 5.34. The summed E-state index contributed by atoms with van der Waals surface area (Å²) in [4.78, 5) is 12.2. The lowest BCUT2D eigenvalue weighted by Gasteiger charge is -2.02. The zero-order valence-corrected chi connectivity index (χ0v) is 9.40. The summed E-state index contributed by atoms with van der Waals surface area (Å²) in [6.45, 7) is 0. The summed E-state index contributed by atoms with van der Waals surface area (Å²) in [5.41, 5.74) is 15.1. The van der Waals surface area contributed by atoms with Crippen LogP contribution in [0.5, 0.6) is 0 Å². The molecule has 16 heavy (non-hydrogen) atoms. The van der Waals surface area contributed by atoms with Crippen LogP contribution in [-0.4, -0.2) is 27.7 Å². The lowest BCUT2D eigenvalue weighted by atomic mass is 10.4. The molecule has 7 nitrogen and oxygen atoms in total. The quantitative estimate of drug-likeness (QED) is 0.518. The summed E-state index contributed by atoms with van der Waals surface area (Å²) in [5, 5.41) is 2.39. The molecule has 2 heterocycles. The topological polar surface area (TPSA) is 107 Å². The number of aliphatic imine (C=N–C) groups is 1.